The molecule has 9 heteroatoms. The van der Waals surface area contributed by atoms with Gasteiger partial charge in [0.1, 0.15) is 17.7 Å². The van der Waals surface area contributed by atoms with E-state index in [2.05, 4.69) is 97.5 Å². The number of hydrogen-bond donors (Lipinski definition) is 2. The molecule has 57 heavy (non-hydrogen) atoms. The van der Waals surface area contributed by atoms with Crippen molar-refractivity contribution < 1.29 is 23.9 Å². The number of anilines is 2. The Bertz CT molecular complexity index is 1660. The number of nitrogens with zero attached hydrogens (tertiary/aromatic N) is 2. The summed E-state index contributed by atoms with van der Waals surface area (Å²) in [4.78, 5) is 42.6. The number of rotatable bonds is 14. The predicted octanol–water partition coefficient (Wildman–Crippen LogP) is 10.4. The summed E-state index contributed by atoms with van der Waals surface area (Å²) < 4.78 is 10.3. The lowest BCUT2D eigenvalue weighted by Gasteiger charge is -2.33. The molecule has 9 nitrogen and oxygen atoms in total. The minimum absolute atomic E-state index is 0.120. The van der Waals surface area contributed by atoms with Crippen LogP contribution in [0.4, 0.5) is 11.4 Å². The molecule has 0 aliphatic carbocycles. The topological polar surface area (TPSA) is 100 Å². The number of carbonyl (C=O) groups is 3. The van der Waals surface area contributed by atoms with Gasteiger partial charge in [-0.1, -0.05) is 77.1 Å². The first-order valence-corrected chi connectivity index (χ1v) is 21.5. The summed E-state index contributed by atoms with van der Waals surface area (Å²) >= 11 is 0. The lowest BCUT2D eigenvalue weighted by Crippen LogP contribution is -2.37. The van der Waals surface area contributed by atoms with Crippen LogP contribution in [0.3, 0.4) is 0 Å². The Morgan fingerprint density at radius 3 is 1.70 bits per heavy atom. The van der Waals surface area contributed by atoms with Gasteiger partial charge in [-0.2, -0.15) is 0 Å². The van der Waals surface area contributed by atoms with E-state index >= 15 is 0 Å². The average molecular weight is 785 g/mol. The Labute approximate surface area is 344 Å². The van der Waals surface area contributed by atoms with Crippen LogP contribution >= 0.6 is 0 Å². The molecule has 0 spiro atoms. The van der Waals surface area contributed by atoms with Crippen molar-refractivity contribution >= 4 is 29.2 Å². The maximum Gasteiger partial charge on any atom is 0.341 e. The highest BCUT2D eigenvalue weighted by Gasteiger charge is 2.25. The average Bonchev–Trinajstić information content (AvgIpc) is 3.18. The maximum absolute atomic E-state index is 13.1. The smallest absolute Gasteiger partial charge is 0.341 e. The predicted molar refractivity (Wildman–Crippen MR) is 235 cm³/mol. The molecule has 2 aliphatic rings. The first kappa shape index (κ1) is 46.8. The van der Waals surface area contributed by atoms with Crippen LogP contribution in [0.1, 0.15) is 146 Å². The van der Waals surface area contributed by atoms with E-state index in [4.69, 9.17) is 9.47 Å². The highest BCUT2D eigenvalue weighted by Crippen LogP contribution is 2.33. The summed E-state index contributed by atoms with van der Waals surface area (Å²) in [5, 5.41) is 6.31. The van der Waals surface area contributed by atoms with Gasteiger partial charge in [0.05, 0.1) is 25.3 Å². The number of carbonyl (C=O) groups excluding carboxylic acids is 3. The Morgan fingerprint density at radius 1 is 0.667 bits per heavy atom. The molecule has 2 saturated heterocycles. The molecular weight excluding hydrogens is 713 g/mol. The number of esters is 1. The van der Waals surface area contributed by atoms with E-state index < -0.39 is 0 Å². The monoisotopic (exact) mass is 785 g/mol. The highest BCUT2D eigenvalue weighted by molar-refractivity contribution is 5.97. The second kappa shape index (κ2) is 25.0. The van der Waals surface area contributed by atoms with Crippen molar-refractivity contribution in [2.45, 2.75) is 126 Å². The number of amides is 2. The Balaban J connectivity index is 0.000000379. The van der Waals surface area contributed by atoms with Crippen LogP contribution in [0.5, 0.6) is 5.75 Å². The van der Waals surface area contributed by atoms with Gasteiger partial charge < -0.3 is 29.9 Å². The summed E-state index contributed by atoms with van der Waals surface area (Å²) in [6, 6.07) is 21.9. The Hall–Kier alpha value is -4.53. The van der Waals surface area contributed by atoms with Gasteiger partial charge in [-0.05, 0) is 125 Å². The molecule has 2 unspecified atom stereocenters. The zero-order chi connectivity index (χ0) is 41.7. The lowest BCUT2D eigenvalue weighted by atomic mass is 9.94. The van der Waals surface area contributed by atoms with Crippen LogP contribution in [-0.2, 0) is 14.3 Å². The van der Waals surface area contributed by atoms with Crippen LogP contribution in [0, 0.1) is 18.8 Å². The lowest BCUT2D eigenvalue weighted by molar-refractivity contribution is -0.130. The number of ether oxygens (including phenoxy) is 2. The Kier molecular flexibility index (Phi) is 20.5. The van der Waals surface area contributed by atoms with Crippen LogP contribution < -0.4 is 25.2 Å². The van der Waals surface area contributed by atoms with E-state index in [9.17, 15) is 14.4 Å². The van der Waals surface area contributed by atoms with Gasteiger partial charge in [0.25, 0.3) is 0 Å². The second-order valence-electron chi connectivity index (χ2n) is 16.3. The van der Waals surface area contributed by atoms with Crippen molar-refractivity contribution in [2.24, 2.45) is 11.8 Å². The van der Waals surface area contributed by atoms with Gasteiger partial charge in [-0.25, -0.2) is 4.79 Å². The molecule has 3 aromatic rings. The molecule has 0 bridgehead atoms. The van der Waals surface area contributed by atoms with Gasteiger partial charge >= 0.3 is 5.97 Å². The first-order chi connectivity index (χ1) is 27.3. The second-order valence-corrected chi connectivity index (χ2v) is 16.3. The molecule has 2 N–H and O–H groups in total. The molecule has 5 rings (SSSR count). The zero-order valence-corrected chi connectivity index (χ0v) is 36.5. The molecule has 2 heterocycles. The molecule has 314 valence electrons. The third kappa shape index (κ3) is 16.1. The first-order valence-electron chi connectivity index (χ1n) is 21.5. The maximum atomic E-state index is 13.1. The van der Waals surface area contributed by atoms with Crippen molar-refractivity contribution in [3.63, 3.8) is 0 Å². The summed E-state index contributed by atoms with van der Waals surface area (Å²) in [6.45, 7) is 23.6. The van der Waals surface area contributed by atoms with Gasteiger partial charge in [0, 0.05) is 37.6 Å². The van der Waals surface area contributed by atoms with Gasteiger partial charge in [0.2, 0.25) is 11.8 Å². The number of nitrogens with one attached hydrogen (secondary N) is 2. The fourth-order valence-corrected chi connectivity index (χ4v) is 7.26. The molecule has 2 atom stereocenters. The molecule has 0 saturated carbocycles. The van der Waals surface area contributed by atoms with Gasteiger partial charge in [-0.3, -0.25) is 9.59 Å². The van der Waals surface area contributed by atoms with Crippen LogP contribution in [-0.4, -0.2) is 57.2 Å². The summed E-state index contributed by atoms with van der Waals surface area (Å²) in [5.74, 6) is 1.04. The van der Waals surface area contributed by atoms with Crippen molar-refractivity contribution in [2.75, 3.05) is 49.2 Å². The molecule has 3 aromatic carbocycles. The zero-order valence-electron chi connectivity index (χ0n) is 36.5. The van der Waals surface area contributed by atoms with Gasteiger partial charge in [-0.15, -0.1) is 0 Å². The molecular formula is C48H72N4O5. The summed E-state index contributed by atoms with van der Waals surface area (Å²) in [6.07, 6.45) is 8.03. The molecule has 0 aromatic heterocycles. The fourth-order valence-electron chi connectivity index (χ4n) is 7.26. The minimum atomic E-state index is -0.332. The van der Waals surface area contributed by atoms with Crippen molar-refractivity contribution in [3.8, 4) is 5.75 Å². The van der Waals surface area contributed by atoms with Crippen molar-refractivity contribution in [3.05, 3.63) is 89.0 Å². The minimum Gasteiger partial charge on any atom is -0.493 e. The number of hydrogen-bond acceptors (Lipinski definition) is 7. The standard InChI is InChI=1S/C32H46N4O2.C12H16O3.C4H10/c1-24(2)22-28(27-15-7-9-17-30(27)36-20-12-5-13-21-36)34-32(38)23-31(37)33-25(3)26-14-6-8-16-29(26)35-18-10-4-11-19-35;1-4-14-11-8-9(3)6-7-10(11)12(13)15-5-2;1-4(2)3/h6-9,14-17,24-25,28H,4-5,10-13,18-23H2,1-3H3,(H,33,37)(H,34,38);6-8H,4-5H2,1-3H3;4H,1-3H3. The fraction of sp³-hybridized carbons (Fsp3) is 0.562. The van der Waals surface area contributed by atoms with E-state index in [1.54, 1.807) is 13.0 Å². The summed E-state index contributed by atoms with van der Waals surface area (Å²) in [7, 11) is 0. The number of piperidine rings is 2. The van der Waals surface area contributed by atoms with E-state index in [-0.39, 0.29) is 36.3 Å². The molecule has 0 radical (unpaired) electrons. The van der Waals surface area contributed by atoms with Crippen LogP contribution in [0.25, 0.3) is 0 Å². The molecule has 2 aliphatic heterocycles. The van der Waals surface area contributed by atoms with E-state index in [1.165, 1.54) is 49.9 Å². The number of benzene rings is 3. The Morgan fingerprint density at radius 2 is 1.18 bits per heavy atom. The summed E-state index contributed by atoms with van der Waals surface area (Å²) in [5.41, 5.74) is 6.22. The molecule has 2 amide bonds. The van der Waals surface area contributed by atoms with Crippen LogP contribution in [0.2, 0.25) is 0 Å². The van der Waals surface area contributed by atoms with Gasteiger partial charge in [0.15, 0.2) is 0 Å². The molecule has 2 fully saturated rings. The number of para-hydroxylation sites is 2. The quantitative estimate of drug-likeness (QED) is 0.124. The third-order valence-corrected chi connectivity index (χ3v) is 9.78. The van der Waals surface area contributed by atoms with Crippen molar-refractivity contribution in [1.82, 2.24) is 10.6 Å². The SMILES string of the molecule is CC(C)C.CC(C)CC(NC(=O)CC(=O)NC(C)c1ccccc1N1CCCCC1)c1ccccc1N1CCCCC1.CCOC(=O)c1ccc(C)cc1OCC. The van der Waals surface area contributed by atoms with E-state index in [1.807, 2.05) is 39.0 Å². The third-order valence-electron chi connectivity index (χ3n) is 9.78. The van der Waals surface area contributed by atoms with E-state index in [0.717, 1.165) is 55.2 Å². The number of aryl methyl sites for hydroxylation is 1. The largest absolute Gasteiger partial charge is 0.493 e. The highest BCUT2D eigenvalue weighted by atomic mass is 16.5. The normalized spacial score (nSPS) is 15.0. The van der Waals surface area contributed by atoms with E-state index in [0.29, 0.717) is 30.4 Å². The van der Waals surface area contributed by atoms with Crippen molar-refractivity contribution in [1.29, 1.82) is 0 Å². The van der Waals surface area contributed by atoms with Crippen LogP contribution in [0.15, 0.2) is 66.7 Å².